The van der Waals surface area contributed by atoms with E-state index in [1.807, 2.05) is 0 Å². The van der Waals surface area contributed by atoms with Crippen molar-refractivity contribution in [3.8, 4) is 5.19 Å². The Kier molecular flexibility index (Phi) is 4.31. The molecule has 3 aromatic rings. The molecule has 0 bridgehead atoms. The molecule has 1 aliphatic heterocycles. The SMILES string of the molecule is Cc1cc(C(=O)N2CCC(Oc3nc4c(F)cc(F)cc4s3)CC2)on1. The van der Waals surface area contributed by atoms with Gasteiger partial charge in [-0.1, -0.05) is 16.5 Å². The predicted octanol–water partition coefficient (Wildman–Crippen LogP) is 3.55. The zero-order valence-electron chi connectivity index (χ0n) is 13.9. The maximum absolute atomic E-state index is 13.7. The summed E-state index contributed by atoms with van der Waals surface area (Å²) in [5.74, 6) is -1.30. The fourth-order valence-electron chi connectivity index (χ4n) is 2.93. The fourth-order valence-corrected chi connectivity index (χ4v) is 3.85. The first-order valence-electron chi connectivity index (χ1n) is 8.14. The van der Waals surface area contributed by atoms with E-state index in [1.54, 1.807) is 17.9 Å². The molecule has 4 rings (SSSR count). The normalized spacial score (nSPS) is 15.6. The average Bonchev–Trinajstić information content (AvgIpc) is 3.21. The number of fused-ring (bicyclic) bond motifs is 1. The monoisotopic (exact) mass is 379 g/mol. The van der Waals surface area contributed by atoms with Crippen molar-refractivity contribution in [2.75, 3.05) is 13.1 Å². The molecule has 1 fully saturated rings. The zero-order chi connectivity index (χ0) is 18.3. The van der Waals surface area contributed by atoms with Crippen molar-refractivity contribution in [2.24, 2.45) is 0 Å². The van der Waals surface area contributed by atoms with Crippen LogP contribution < -0.4 is 4.74 Å². The molecule has 9 heteroatoms. The summed E-state index contributed by atoms with van der Waals surface area (Å²) in [6.07, 6.45) is 1.10. The fraction of sp³-hybridized carbons (Fsp3) is 0.353. The number of piperidine rings is 1. The maximum atomic E-state index is 13.7. The molecule has 3 heterocycles. The Labute approximate surface area is 151 Å². The third-order valence-electron chi connectivity index (χ3n) is 4.23. The molecule has 0 spiro atoms. The number of carbonyl (C=O) groups excluding carboxylic acids is 1. The van der Waals surface area contributed by atoms with Crippen LogP contribution in [0, 0.1) is 18.6 Å². The van der Waals surface area contributed by atoms with Crippen LogP contribution in [0.2, 0.25) is 0 Å². The third-order valence-corrected chi connectivity index (χ3v) is 5.12. The first kappa shape index (κ1) is 16.9. The van der Waals surface area contributed by atoms with E-state index >= 15 is 0 Å². The lowest BCUT2D eigenvalue weighted by molar-refractivity contribution is 0.0558. The van der Waals surface area contributed by atoms with Crippen molar-refractivity contribution in [3.05, 3.63) is 41.3 Å². The molecule has 1 aliphatic rings. The van der Waals surface area contributed by atoms with Crippen molar-refractivity contribution < 1.29 is 22.8 Å². The van der Waals surface area contributed by atoms with Crippen LogP contribution in [-0.2, 0) is 0 Å². The zero-order valence-corrected chi connectivity index (χ0v) is 14.7. The number of hydrogen-bond acceptors (Lipinski definition) is 6. The Hall–Kier alpha value is -2.55. The van der Waals surface area contributed by atoms with Gasteiger partial charge in [-0.25, -0.2) is 8.78 Å². The highest BCUT2D eigenvalue weighted by atomic mass is 32.1. The van der Waals surface area contributed by atoms with Gasteiger partial charge in [-0.2, -0.15) is 4.98 Å². The Balaban J connectivity index is 1.39. The lowest BCUT2D eigenvalue weighted by Crippen LogP contribution is -2.41. The van der Waals surface area contributed by atoms with Crippen LogP contribution in [0.3, 0.4) is 0 Å². The highest BCUT2D eigenvalue weighted by molar-refractivity contribution is 7.20. The van der Waals surface area contributed by atoms with Gasteiger partial charge in [-0.05, 0) is 13.0 Å². The molecule has 1 aromatic carbocycles. The van der Waals surface area contributed by atoms with Gasteiger partial charge in [0.05, 0.1) is 10.4 Å². The van der Waals surface area contributed by atoms with E-state index in [4.69, 9.17) is 9.26 Å². The molecular weight excluding hydrogens is 364 g/mol. The van der Waals surface area contributed by atoms with Gasteiger partial charge in [-0.3, -0.25) is 4.79 Å². The molecule has 1 amide bonds. The average molecular weight is 379 g/mol. The summed E-state index contributed by atoms with van der Waals surface area (Å²) < 4.78 is 38.2. The van der Waals surface area contributed by atoms with E-state index < -0.39 is 11.6 Å². The van der Waals surface area contributed by atoms with Gasteiger partial charge < -0.3 is 14.2 Å². The largest absolute Gasteiger partial charge is 0.467 e. The Morgan fingerprint density at radius 2 is 2.08 bits per heavy atom. The molecule has 26 heavy (non-hydrogen) atoms. The minimum Gasteiger partial charge on any atom is -0.467 e. The minimum atomic E-state index is -0.700. The highest BCUT2D eigenvalue weighted by Gasteiger charge is 2.27. The molecule has 0 N–H and O–H groups in total. The molecule has 1 saturated heterocycles. The van der Waals surface area contributed by atoms with E-state index in [-0.39, 0.29) is 23.3 Å². The summed E-state index contributed by atoms with van der Waals surface area (Å²) in [4.78, 5) is 18.1. The second kappa shape index (κ2) is 6.64. The molecule has 2 aromatic heterocycles. The summed E-state index contributed by atoms with van der Waals surface area (Å²) in [7, 11) is 0. The number of thiazole rings is 1. The van der Waals surface area contributed by atoms with Crippen molar-refractivity contribution in [1.82, 2.24) is 15.0 Å². The van der Waals surface area contributed by atoms with Crippen LogP contribution in [0.5, 0.6) is 5.19 Å². The first-order valence-corrected chi connectivity index (χ1v) is 8.96. The summed E-state index contributed by atoms with van der Waals surface area (Å²) in [6, 6.07) is 3.66. The van der Waals surface area contributed by atoms with E-state index in [2.05, 4.69) is 10.1 Å². The number of hydrogen-bond donors (Lipinski definition) is 0. The number of benzene rings is 1. The quantitative estimate of drug-likeness (QED) is 0.696. The Morgan fingerprint density at radius 3 is 2.77 bits per heavy atom. The first-order chi connectivity index (χ1) is 12.5. The topological polar surface area (TPSA) is 68.5 Å². The number of likely N-dealkylation sites (tertiary alicyclic amines) is 1. The smallest absolute Gasteiger partial charge is 0.292 e. The Morgan fingerprint density at radius 1 is 1.31 bits per heavy atom. The van der Waals surface area contributed by atoms with E-state index in [0.29, 0.717) is 41.5 Å². The number of aryl methyl sites for hydroxylation is 1. The van der Waals surface area contributed by atoms with Crippen molar-refractivity contribution in [2.45, 2.75) is 25.9 Å². The molecule has 136 valence electrons. The molecule has 0 atom stereocenters. The third kappa shape index (κ3) is 3.26. The van der Waals surface area contributed by atoms with E-state index in [0.717, 1.165) is 17.4 Å². The number of halogens is 2. The van der Waals surface area contributed by atoms with Crippen LogP contribution in [0.4, 0.5) is 8.78 Å². The van der Waals surface area contributed by atoms with Gasteiger partial charge in [0, 0.05) is 38.1 Å². The van der Waals surface area contributed by atoms with Gasteiger partial charge in [0.1, 0.15) is 17.4 Å². The number of rotatable bonds is 3. The lowest BCUT2D eigenvalue weighted by Gasteiger charge is -2.30. The van der Waals surface area contributed by atoms with Crippen molar-refractivity contribution in [3.63, 3.8) is 0 Å². The molecule has 0 aliphatic carbocycles. The van der Waals surface area contributed by atoms with Gasteiger partial charge in [0.25, 0.3) is 11.1 Å². The second-order valence-electron chi connectivity index (χ2n) is 6.16. The maximum Gasteiger partial charge on any atom is 0.292 e. The minimum absolute atomic E-state index is 0.111. The van der Waals surface area contributed by atoms with Crippen LogP contribution in [0.25, 0.3) is 10.2 Å². The summed E-state index contributed by atoms with van der Waals surface area (Å²) in [5.41, 5.74) is 0.769. The molecule has 0 radical (unpaired) electrons. The van der Waals surface area contributed by atoms with E-state index in [1.165, 1.54) is 6.07 Å². The highest BCUT2D eigenvalue weighted by Crippen LogP contribution is 2.32. The number of ether oxygens (including phenoxy) is 1. The number of carbonyl (C=O) groups is 1. The van der Waals surface area contributed by atoms with Crippen LogP contribution in [-0.4, -0.2) is 40.1 Å². The van der Waals surface area contributed by atoms with Crippen LogP contribution in [0.15, 0.2) is 22.7 Å². The molecule has 6 nitrogen and oxygen atoms in total. The lowest BCUT2D eigenvalue weighted by atomic mass is 10.1. The van der Waals surface area contributed by atoms with Gasteiger partial charge in [-0.15, -0.1) is 0 Å². The number of amides is 1. The summed E-state index contributed by atoms with van der Waals surface area (Å²) >= 11 is 1.11. The van der Waals surface area contributed by atoms with Gasteiger partial charge >= 0.3 is 0 Å². The second-order valence-corrected chi connectivity index (χ2v) is 7.15. The molecular formula is C17H15F2N3O3S. The van der Waals surface area contributed by atoms with E-state index in [9.17, 15) is 13.6 Å². The van der Waals surface area contributed by atoms with Gasteiger partial charge in [0.2, 0.25) is 5.76 Å². The van der Waals surface area contributed by atoms with Crippen LogP contribution >= 0.6 is 11.3 Å². The molecule has 0 unspecified atom stereocenters. The van der Waals surface area contributed by atoms with Crippen molar-refractivity contribution >= 4 is 27.5 Å². The summed E-state index contributed by atoms with van der Waals surface area (Å²) in [5, 5.41) is 4.03. The number of aromatic nitrogens is 2. The number of nitrogens with zero attached hydrogens (tertiary/aromatic N) is 3. The summed E-state index contributed by atoms with van der Waals surface area (Å²) in [6.45, 7) is 2.78. The van der Waals surface area contributed by atoms with Crippen molar-refractivity contribution in [1.29, 1.82) is 0 Å². The van der Waals surface area contributed by atoms with Gasteiger partial charge in [0.15, 0.2) is 5.82 Å². The van der Waals surface area contributed by atoms with Crippen LogP contribution in [0.1, 0.15) is 29.1 Å². The predicted molar refractivity (Wildman–Crippen MR) is 90.3 cm³/mol. The molecule has 0 saturated carbocycles. The standard InChI is InChI=1S/C17H15F2N3O3S/c1-9-6-13(25-21-9)16(23)22-4-2-11(3-5-22)24-17-20-15-12(19)7-10(18)8-14(15)26-17/h6-8,11H,2-5H2,1H3. The Bertz CT molecular complexity index is 963.